The van der Waals surface area contributed by atoms with Gasteiger partial charge >= 0.3 is 0 Å². The third-order valence-corrected chi connectivity index (χ3v) is 4.17. The topological polar surface area (TPSA) is 29.3 Å². The van der Waals surface area contributed by atoms with Gasteiger partial charge < -0.3 is 10.6 Å². The Morgan fingerprint density at radius 1 is 1.10 bits per heavy atom. The minimum absolute atomic E-state index is 0.718. The Kier molecular flexibility index (Phi) is 3.75. The number of fused-ring (bicyclic) bond motifs is 1. The molecule has 3 rings (SSSR count). The maximum Gasteiger partial charge on any atom is 0.0432 e. The van der Waals surface area contributed by atoms with E-state index in [-0.39, 0.29) is 0 Å². The normalized spacial score (nSPS) is 14.2. The molecule has 1 heterocycles. The Labute approximate surface area is 121 Å². The minimum Gasteiger partial charge on any atom is -0.367 e. The van der Waals surface area contributed by atoms with Gasteiger partial charge in [0.15, 0.2) is 0 Å². The lowest BCUT2D eigenvalue weighted by Crippen LogP contribution is -2.30. The van der Waals surface area contributed by atoms with Gasteiger partial charge in [0.2, 0.25) is 0 Å². The highest BCUT2D eigenvalue weighted by Gasteiger charge is 2.17. The number of benzene rings is 2. The molecule has 2 heteroatoms. The molecule has 1 aliphatic heterocycles. The highest BCUT2D eigenvalue weighted by atomic mass is 15.1. The molecule has 2 aromatic rings. The van der Waals surface area contributed by atoms with Crippen LogP contribution >= 0.6 is 0 Å². The fourth-order valence-electron chi connectivity index (χ4n) is 3.10. The molecule has 0 saturated heterocycles. The summed E-state index contributed by atoms with van der Waals surface area (Å²) in [7, 11) is 0. The van der Waals surface area contributed by atoms with Crippen molar-refractivity contribution < 1.29 is 0 Å². The van der Waals surface area contributed by atoms with Gasteiger partial charge in [-0.3, -0.25) is 0 Å². The van der Waals surface area contributed by atoms with Crippen molar-refractivity contribution >= 4 is 5.69 Å². The second-order valence-corrected chi connectivity index (χ2v) is 5.60. The lowest BCUT2D eigenvalue weighted by atomic mass is 9.98. The first kappa shape index (κ1) is 13.2. The highest BCUT2D eigenvalue weighted by Crippen LogP contribution is 2.27. The molecular formula is C18H22N2. The van der Waals surface area contributed by atoms with E-state index in [9.17, 15) is 0 Å². The summed E-state index contributed by atoms with van der Waals surface area (Å²) in [5.74, 6) is 0. The van der Waals surface area contributed by atoms with Crippen molar-refractivity contribution in [2.75, 3.05) is 18.0 Å². The Morgan fingerprint density at radius 3 is 2.65 bits per heavy atom. The van der Waals surface area contributed by atoms with E-state index in [2.05, 4.69) is 54.3 Å². The van der Waals surface area contributed by atoms with E-state index < -0.39 is 0 Å². The van der Waals surface area contributed by atoms with Crippen LogP contribution in [0.2, 0.25) is 0 Å². The summed E-state index contributed by atoms with van der Waals surface area (Å²) in [4.78, 5) is 2.49. The molecule has 0 amide bonds. The number of rotatable bonds is 3. The molecule has 0 atom stereocenters. The van der Waals surface area contributed by atoms with Gasteiger partial charge in [-0.05, 0) is 54.6 Å². The van der Waals surface area contributed by atoms with Crippen LogP contribution in [0.5, 0.6) is 0 Å². The Balaban J connectivity index is 1.84. The second-order valence-electron chi connectivity index (χ2n) is 5.60. The van der Waals surface area contributed by atoms with Crippen LogP contribution in [0.1, 0.15) is 22.3 Å². The van der Waals surface area contributed by atoms with Crippen molar-refractivity contribution in [2.45, 2.75) is 26.3 Å². The number of hydrogen-bond donors (Lipinski definition) is 1. The minimum atomic E-state index is 0.718. The molecule has 0 aliphatic carbocycles. The van der Waals surface area contributed by atoms with E-state index in [1.54, 1.807) is 0 Å². The molecule has 0 aromatic heterocycles. The third-order valence-electron chi connectivity index (χ3n) is 4.17. The predicted octanol–water partition coefficient (Wildman–Crippen LogP) is 3.06. The molecule has 0 bridgehead atoms. The summed E-state index contributed by atoms with van der Waals surface area (Å²) in [6.45, 7) is 5.05. The summed E-state index contributed by atoms with van der Waals surface area (Å²) < 4.78 is 0. The average Bonchev–Trinajstić information content (AvgIpc) is 2.47. The smallest absolute Gasteiger partial charge is 0.0432 e. The van der Waals surface area contributed by atoms with Crippen molar-refractivity contribution in [1.82, 2.24) is 0 Å². The Morgan fingerprint density at radius 2 is 1.90 bits per heavy atom. The van der Waals surface area contributed by atoms with Crippen molar-refractivity contribution in [3.8, 4) is 0 Å². The molecule has 0 unspecified atom stereocenters. The van der Waals surface area contributed by atoms with Gasteiger partial charge in [-0.1, -0.05) is 36.4 Å². The van der Waals surface area contributed by atoms with E-state index in [4.69, 9.17) is 5.73 Å². The fourth-order valence-corrected chi connectivity index (χ4v) is 3.10. The van der Waals surface area contributed by atoms with Crippen LogP contribution in [0.15, 0.2) is 42.5 Å². The molecule has 0 radical (unpaired) electrons. The molecule has 104 valence electrons. The van der Waals surface area contributed by atoms with Gasteiger partial charge in [0.05, 0.1) is 0 Å². The van der Waals surface area contributed by atoms with E-state index >= 15 is 0 Å². The van der Waals surface area contributed by atoms with Crippen molar-refractivity contribution in [3.63, 3.8) is 0 Å². The van der Waals surface area contributed by atoms with Gasteiger partial charge in [0, 0.05) is 18.8 Å². The van der Waals surface area contributed by atoms with Crippen LogP contribution in [0.25, 0.3) is 0 Å². The van der Waals surface area contributed by atoms with Crippen LogP contribution < -0.4 is 10.6 Å². The lowest BCUT2D eigenvalue weighted by molar-refractivity contribution is 0.729. The van der Waals surface area contributed by atoms with Crippen molar-refractivity contribution in [1.29, 1.82) is 0 Å². The zero-order chi connectivity index (χ0) is 13.9. The van der Waals surface area contributed by atoms with Crippen LogP contribution in [0.4, 0.5) is 5.69 Å². The van der Waals surface area contributed by atoms with Gasteiger partial charge in [-0.2, -0.15) is 0 Å². The lowest BCUT2D eigenvalue weighted by Gasteiger charge is -2.32. The molecule has 0 fully saturated rings. The Hall–Kier alpha value is -1.80. The van der Waals surface area contributed by atoms with E-state index in [1.807, 2.05) is 0 Å². The van der Waals surface area contributed by atoms with Gasteiger partial charge in [-0.25, -0.2) is 0 Å². The quantitative estimate of drug-likeness (QED) is 0.925. The molecule has 0 saturated carbocycles. The maximum atomic E-state index is 5.63. The average molecular weight is 266 g/mol. The molecular weight excluding hydrogens is 244 g/mol. The number of hydrogen-bond acceptors (Lipinski definition) is 2. The summed E-state index contributed by atoms with van der Waals surface area (Å²) >= 11 is 0. The molecule has 20 heavy (non-hydrogen) atoms. The summed E-state index contributed by atoms with van der Waals surface area (Å²) in [5, 5.41) is 0. The van der Waals surface area contributed by atoms with E-state index in [0.717, 1.165) is 32.5 Å². The van der Waals surface area contributed by atoms with E-state index in [1.165, 1.54) is 27.9 Å². The van der Waals surface area contributed by atoms with Crippen LogP contribution in [0.3, 0.4) is 0 Å². The number of aryl methyl sites for hydroxylation is 1. The third kappa shape index (κ3) is 2.56. The zero-order valence-corrected chi connectivity index (χ0v) is 12.1. The molecule has 0 spiro atoms. The molecule has 2 N–H and O–H groups in total. The van der Waals surface area contributed by atoms with Gasteiger partial charge in [0.25, 0.3) is 0 Å². The Bertz CT molecular complexity index is 604. The first-order chi connectivity index (χ1) is 9.78. The second kappa shape index (κ2) is 5.68. The fraction of sp³-hybridized carbons (Fsp3) is 0.333. The monoisotopic (exact) mass is 266 g/mol. The molecule has 1 aliphatic rings. The first-order valence-electron chi connectivity index (χ1n) is 7.39. The number of anilines is 1. The van der Waals surface area contributed by atoms with Crippen LogP contribution in [-0.4, -0.2) is 13.1 Å². The summed E-state index contributed by atoms with van der Waals surface area (Å²) in [6.07, 6.45) is 2.10. The molecule has 2 aromatic carbocycles. The summed E-state index contributed by atoms with van der Waals surface area (Å²) in [6, 6.07) is 15.5. The molecule has 2 nitrogen and oxygen atoms in total. The van der Waals surface area contributed by atoms with Crippen LogP contribution in [-0.2, 0) is 19.4 Å². The first-order valence-corrected chi connectivity index (χ1v) is 7.39. The largest absolute Gasteiger partial charge is 0.367 e. The maximum absolute atomic E-state index is 5.63. The zero-order valence-electron chi connectivity index (χ0n) is 12.1. The van der Waals surface area contributed by atoms with Crippen molar-refractivity contribution in [2.24, 2.45) is 5.73 Å². The number of nitrogens with two attached hydrogens (primary N) is 1. The van der Waals surface area contributed by atoms with Gasteiger partial charge in [0.1, 0.15) is 0 Å². The number of nitrogens with zero attached hydrogens (tertiary/aromatic N) is 1. The highest BCUT2D eigenvalue weighted by molar-refractivity contribution is 5.56. The van der Waals surface area contributed by atoms with Crippen LogP contribution in [0, 0.1) is 6.92 Å². The SMILES string of the molecule is Cc1cc(CCN)ccc1N1CCc2ccccc2C1. The summed E-state index contributed by atoms with van der Waals surface area (Å²) in [5.41, 5.74) is 12.7. The van der Waals surface area contributed by atoms with E-state index in [0.29, 0.717) is 0 Å². The van der Waals surface area contributed by atoms with Gasteiger partial charge in [-0.15, -0.1) is 0 Å². The van der Waals surface area contributed by atoms with Crippen molar-refractivity contribution in [3.05, 3.63) is 64.7 Å². The standard InChI is InChI=1S/C18H22N2/c1-14-12-15(8-10-19)6-7-18(14)20-11-9-16-4-2-3-5-17(16)13-20/h2-7,12H,8-11,13,19H2,1H3. The predicted molar refractivity (Wildman–Crippen MR) is 85.1 cm³/mol.